The second-order valence-corrected chi connectivity index (χ2v) is 4.17. The molecule has 74 valence electrons. The fourth-order valence-electron chi connectivity index (χ4n) is 2.14. The van der Waals surface area contributed by atoms with Gasteiger partial charge in [-0.05, 0) is 24.3 Å². The molecule has 0 bridgehead atoms. The molecule has 0 nitrogen and oxygen atoms in total. The van der Waals surface area contributed by atoms with Crippen LogP contribution in [0.15, 0.2) is 36.4 Å². The summed E-state index contributed by atoms with van der Waals surface area (Å²) in [4.78, 5) is 0. The predicted molar refractivity (Wildman–Crippen MR) is 62.1 cm³/mol. The molecular formula is C14H18. The van der Waals surface area contributed by atoms with Gasteiger partial charge < -0.3 is 0 Å². The van der Waals surface area contributed by atoms with E-state index in [1.165, 1.54) is 37.7 Å². The van der Waals surface area contributed by atoms with Crippen LogP contribution in [0.2, 0.25) is 0 Å². The summed E-state index contributed by atoms with van der Waals surface area (Å²) in [7, 11) is 0. The van der Waals surface area contributed by atoms with Gasteiger partial charge in [0.1, 0.15) is 0 Å². The summed E-state index contributed by atoms with van der Waals surface area (Å²) in [6.07, 6.45) is 11.7. The van der Waals surface area contributed by atoms with E-state index in [4.69, 9.17) is 0 Å². The highest BCUT2D eigenvalue weighted by atomic mass is 14.1. The third-order valence-electron chi connectivity index (χ3n) is 3.01. The highest BCUT2D eigenvalue weighted by Gasteiger charge is 2.09. The Morgan fingerprint density at radius 3 is 2.36 bits per heavy atom. The van der Waals surface area contributed by atoms with Crippen molar-refractivity contribution in [3.8, 4) is 0 Å². The average Bonchev–Trinajstić information content (AvgIpc) is 2.29. The molecule has 1 aliphatic rings. The van der Waals surface area contributed by atoms with Crippen molar-refractivity contribution in [1.82, 2.24) is 0 Å². The number of hydrogen-bond donors (Lipinski definition) is 0. The van der Waals surface area contributed by atoms with Gasteiger partial charge in [0.25, 0.3) is 0 Å². The van der Waals surface area contributed by atoms with E-state index in [1.54, 1.807) is 0 Å². The second kappa shape index (κ2) is 4.99. The van der Waals surface area contributed by atoms with Crippen molar-refractivity contribution in [2.24, 2.45) is 5.92 Å². The highest BCUT2D eigenvalue weighted by molar-refractivity contribution is 5.48. The third-order valence-corrected chi connectivity index (χ3v) is 3.01. The van der Waals surface area contributed by atoms with Gasteiger partial charge >= 0.3 is 0 Å². The smallest absolute Gasteiger partial charge is 0.0230 e. The van der Waals surface area contributed by atoms with Crippen LogP contribution >= 0.6 is 0 Å². The minimum Gasteiger partial charge on any atom is -0.0808 e. The lowest BCUT2D eigenvalue weighted by atomic mass is 9.89. The minimum atomic E-state index is 0.837. The Labute approximate surface area is 86.7 Å². The fraction of sp³-hybridized carbons (Fsp3) is 0.429. The molecule has 0 unspecified atom stereocenters. The van der Waals surface area contributed by atoms with Crippen LogP contribution in [0.3, 0.4) is 0 Å². The Balaban J connectivity index is 1.93. The number of benzene rings is 1. The maximum absolute atomic E-state index is 2.40. The maximum atomic E-state index is 2.40. The van der Waals surface area contributed by atoms with Crippen LogP contribution in [-0.4, -0.2) is 0 Å². The number of allylic oxidation sites excluding steroid dienone is 1. The van der Waals surface area contributed by atoms with Crippen LogP contribution in [0.1, 0.15) is 37.7 Å². The van der Waals surface area contributed by atoms with Crippen molar-refractivity contribution in [2.75, 3.05) is 0 Å². The van der Waals surface area contributed by atoms with Crippen LogP contribution in [0.25, 0.3) is 6.08 Å². The monoisotopic (exact) mass is 186 g/mol. The maximum Gasteiger partial charge on any atom is -0.0230 e. The molecule has 0 heterocycles. The summed E-state index contributed by atoms with van der Waals surface area (Å²) in [6.45, 7) is 0. The van der Waals surface area contributed by atoms with E-state index < -0.39 is 0 Å². The molecule has 2 rings (SSSR count). The van der Waals surface area contributed by atoms with Crippen molar-refractivity contribution in [3.63, 3.8) is 0 Å². The van der Waals surface area contributed by atoms with Gasteiger partial charge in [-0.3, -0.25) is 0 Å². The molecule has 1 aromatic carbocycles. The van der Waals surface area contributed by atoms with Gasteiger partial charge in [0.05, 0.1) is 0 Å². The van der Waals surface area contributed by atoms with Gasteiger partial charge in [0, 0.05) is 0 Å². The molecule has 0 aromatic heterocycles. The fourth-order valence-corrected chi connectivity index (χ4v) is 2.14. The van der Waals surface area contributed by atoms with Crippen molar-refractivity contribution < 1.29 is 0 Å². The topological polar surface area (TPSA) is 0 Å². The van der Waals surface area contributed by atoms with Crippen molar-refractivity contribution in [2.45, 2.75) is 32.1 Å². The van der Waals surface area contributed by atoms with Gasteiger partial charge in [-0.25, -0.2) is 0 Å². The first-order valence-electron chi connectivity index (χ1n) is 5.68. The summed E-state index contributed by atoms with van der Waals surface area (Å²) in [5.41, 5.74) is 1.33. The Kier molecular flexibility index (Phi) is 3.39. The summed E-state index contributed by atoms with van der Waals surface area (Å²) in [6, 6.07) is 10.6. The van der Waals surface area contributed by atoms with Crippen LogP contribution in [-0.2, 0) is 0 Å². The molecule has 0 spiro atoms. The first kappa shape index (κ1) is 9.51. The lowest BCUT2D eigenvalue weighted by molar-refractivity contribution is 0.420. The van der Waals surface area contributed by atoms with Gasteiger partial charge in [-0.2, -0.15) is 0 Å². The van der Waals surface area contributed by atoms with Gasteiger partial charge in [0.2, 0.25) is 0 Å². The molecule has 0 saturated heterocycles. The summed E-state index contributed by atoms with van der Waals surface area (Å²) in [5, 5.41) is 0. The molecule has 0 atom stereocenters. The first-order valence-corrected chi connectivity index (χ1v) is 5.68. The Hall–Kier alpha value is -1.04. The first-order chi connectivity index (χ1) is 6.95. The molecule has 0 amide bonds. The van der Waals surface area contributed by atoms with E-state index in [-0.39, 0.29) is 0 Å². The minimum absolute atomic E-state index is 0.837. The van der Waals surface area contributed by atoms with Gasteiger partial charge in [-0.1, -0.05) is 61.7 Å². The van der Waals surface area contributed by atoms with Crippen LogP contribution in [0, 0.1) is 5.92 Å². The molecule has 1 saturated carbocycles. The summed E-state index contributed by atoms with van der Waals surface area (Å²) >= 11 is 0. The Morgan fingerprint density at radius 1 is 0.929 bits per heavy atom. The Bertz CT molecular complexity index is 278. The van der Waals surface area contributed by atoms with Crippen LogP contribution in [0.4, 0.5) is 0 Å². The largest absolute Gasteiger partial charge is 0.0808 e. The van der Waals surface area contributed by atoms with Crippen LogP contribution in [0.5, 0.6) is 0 Å². The zero-order valence-corrected chi connectivity index (χ0v) is 8.65. The molecule has 0 heteroatoms. The van der Waals surface area contributed by atoms with E-state index in [0.717, 1.165) is 5.92 Å². The van der Waals surface area contributed by atoms with E-state index in [2.05, 4.69) is 42.5 Å². The molecule has 1 aliphatic carbocycles. The van der Waals surface area contributed by atoms with Crippen molar-refractivity contribution >= 4 is 6.08 Å². The van der Waals surface area contributed by atoms with E-state index in [9.17, 15) is 0 Å². The average molecular weight is 186 g/mol. The Morgan fingerprint density at radius 2 is 1.64 bits per heavy atom. The van der Waals surface area contributed by atoms with Gasteiger partial charge in [-0.15, -0.1) is 0 Å². The third kappa shape index (κ3) is 2.73. The van der Waals surface area contributed by atoms with Crippen molar-refractivity contribution in [1.29, 1.82) is 0 Å². The quantitative estimate of drug-likeness (QED) is 0.646. The van der Waals surface area contributed by atoms with E-state index in [0.29, 0.717) is 0 Å². The SMILES string of the molecule is C(=CC1CCCCC1)c1ccccc1. The van der Waals surface area contributed by atoms with Gasteiger partial charge in [0.15, 0.2) is 0 Å². The summed E-state index contributed by atoms with van der Waals surface area (Å²) in [5.74, 6) is 0.837. The molecule has 0 aliphatic heterocycles. The predicted octanol–water partition coefficient (Wildman–Crippen LogP) is 4.28. The lowest BCUT2D eigenvalue weighted by Gasteiger charge is -2.17. The zero-order valence-electron chi connectivity index (χ0n) is 8.65. The lowest BCUT2D eigenvalue weighted by Crippen LogP contribution is -2.02. The van der Waals surface area contributed by atoms with Crippen molar-refractivity contribution in [3.05, 3.63) is 42.0 Å². The zero-order chi connectivity index (χ0) is 9.64. The molecule has 14 heavy (non-hydrogen) atoms. The number of rotatable bonds is 2. The van der Waals surface area contributed by atoms with E-state index >= 15 is 0 Å². The van der Waals surface area contributed by atoms with Crippen LogP contribution < -0.4 is 0 Å². The number of hydrogen-bond acceptors (Lipinski definition) is 0. The molecule has 1 aromatic rings. The summed E-state index contributed by atoms with van der Waals surface area (Å²) < 4.78 is 0. The standard InChI is InChI=1S/C14H18/c1-3-7-13(8-4-1)11-12-14-9-5-2-6-10-14/h1,3-4,7-8,11-12,14H,2,5-6,9-10H2. The molecule has 0 N–H and O–H groups in total. The molecular weight excluding hydrogens is 168 g/mol. The van der Waals surface area contributed by atoms with E-state index in [1.807, 2.05) is 0 Å². The second-order valence-electron chi connectivity index (χ2n) is 4.17. The normalized spacial score (nSPS) is 18.9. The molecule has 0 radical (unpaired) electrons. The molecule has 1 fully saturated rings. The highest BCUT2D eigenvalue weighted by Crippen LogP contribution is 2.25.